The zero-order valence-electron chi connectivity index (χ0n) is 12.8. The first-order chi connectivity index (χ1) is 11.4. The minimum absolute atomic E-state index is 0.0380. The lowest BCUT2D eigenvalue weighted by Crippen LogP contribution is -2.47. The number of carbonyl (C=O) groups excluding carboxylic acids is 1. The molecule has 0 unspecified atom stereocenters. The number of rotatable bonds is 2. The third-order valence-corrected chi connectivity index (χ3v) is 4.64. The van der Waals surface area contributed by atoms with Crippen molar-refractivity contribution in [3.63, 3.8) is 0 Å². The SMILES string of the molecule is O=C(N[C@H]1CCCC[C@H]1C(F)(F)F)c1cc(Cl)c2c(c1)OCCO2. The van der Waals surface area contributed by atoms with E-state index in [1.807, 2.05) is 0 Å². The van der Waals surface area contributed by atoms with Crippen LogP contribution in [0.3, 0.4) is 0 Å². The molecule has 8 heteroatoms. The highest BCUT2D eigenvalue weighted by Gasteiger charge is 2.46. The minimum atomic E-state index is -4.32. The standard InChI is InChI=1S/C16H17ClF3NO3/c17-11-7-9(8-13-14(11)24-6-5-23-13)15(22)21-12-4-2-1-3-10(12)16(18,19)20/h7-8,10,12H,1-6H2,(H,21,22)/t10-,12+/m1/s1. The molecule has 132 valence electrons. The van der Waals surface area contributed by atoms with Gasteiger partial charge >= 0.3 is 6.18 Å². The molecule has 0 radical (unpaired) electrons. The molecule has 3 rings (SSSR count). The average Bonchev–Trinajstić information content (AvgIpc) is 2.54. The van der Waals surface area contributed by atoms with E-state index in [0.29, 0.717) is 44.0 Å². The van der Waals surface area contributed by atoms with Gasteiger partial charge in [-0.05, 0) is 25.0 Å². The number of halogens is 4. The van der Waals surface area contributed by atoms with E-state index in [2.05, 4.69) is 5.32 Å². The van der Waals surface area contributed by atoms with E-state index in [4.69, 9.17) is 21.1 Å². The van der Waals surface area contributed by atoms with Crippen LogP contribution in [0.2, 0.25) is 5.02 Å². The van der Waals surface area contributed by atoms with Gasteiger partial charge in [0.2, 0.25) is 0 Å². The Morgan fingerprint density at radius 1 is 1.17 bits per heavy atom. The molecule has 1 amide bonds. The number of amides is 1. The summed E-state index contributed by atoms with van der Waals surface area (Å²) in [5.41, 5.74) is 0.163. The maximum Gasteiger partial charge on any atom is 0.393 e. The molecule has 1 aromatic carbocycles. The van der Waals surface area contributed by atoms with Crippen molar-refractivity contribution in [3.05, 3.63) is 22.7 Å². The largest absolute Gasteiger partial charge is 0.486 e. The van der Waals surface area contributed by atoms with Gasteiger partial charge in [-0.1, -0.05) is 24.4 Å². The molecule has 1 saturated carbocycles. The summed E-state index contributed by atoms with van der Waals surface area (Å²) in [7, 11) is 0. The van der Waals surface area contributed by atoms with Crippen LogP contribution in [0, 0.1) is 5.92 Å². The van der Waals surface area contributed by atoms with Crippen molar-refractivity contribution in [2.75, 3.05) is 13.2 Å². The van der Waals surface area contributed by atoms with Gasteiger partial charge in [0.1, 0.15) is 13.2 Å². The zero-order valence-corrected chi connectivity index (χ0v) is 13.5. The number of fused-ring (bicyclic) bond motifs is 1. The van der Waals surface area contributed by atoms with Crippen LogP contribution in [-0.2, 0) is 0 Å². The van der Waals surface area contributed by atoms with Crippen LogP contribution in [0.1, 0.15) is 36.0 Å². The molecule has 0 saturated heterocycles. The van der Waals surface area contributed by atoms with Gasteiger partial charge in [-0.25, -0.2) is 0 Å². The molecule has 24 heavy (non-hydrogen) atoms. The maximum atomic E-state index is 13.1. The van der Waals surface area contributed by atoms with Crippen molar-refractivity contribution in [3.8, 4) is 11.5 Å². The van der Waals surface area contributed by atoms with Crippen molar-refractivity contribution >= 4 is 17.5 Å². The molecular weight excluding hydrogens is 347 g/mol. The number of alkyl halides is 3. The van der Waals surface area contributed by atoms with E-state index in [1.165, 1.54) is 12.1 Å². The Morgan fingerprint density at radius 3 is 2.62 bits per heavy atom. The first kappa shape index (κ1) is 17.2. The predicted octanol–water partition coefficient (Wildman–Crippen LogP) is 3.96. The normalized spacial score (nSPS) is 23.7. The molecule has 1 aliphatic carbocycles. The first-order valence-corrected chi connectivity index (χ1v) is 8.21. The van der Waals surface area contributed by atoms with E-state index < -0.39 is 24.0 Å². The lowest BCUT2D eigenvalue weighted by molar-refractivity contribution is -0.187. The molecule has 0 bridgehead atoms. The minimum Gasteiger partial charge on any atom is -0.486 e. The maximum absolute atomic E-state index is 13.1. The van der Waals surface area contributed by atoms with Crippen molar-refractivity contribution in [2.45, 2.75) is 37.9 Å². The van der Waals surface area contributed by atoms with Crippen molar-refractivity contribution in [1.29, 1.82) is 0 Å². The van der Waals surface area contributed by atoms with Crippen LogP contribution >= 0.6 is 11.6 Å². The highest BCUT2D eigenvalue weighted by Crippen LogP contribution is 2.40. The fraction of sp³-hybridized carbons (Fsp3) is 0.562. The Morgan fingerprint density at radius 2 is 1.88 bits per heavy atom. The lowest BCUT2D eigenvalue weighted by Gasteiger charge is -2.33. The molecule has 1 aromatic rings. The smallest absolute Gasteiger partial charge is 0.393 e. The number of hydrogen-bond acceptors (Lipinski definition) is 3. The summed E-state index contributed by atoms with van der Waals surface area (Å²) < 4.78 is 50.1. The van der Waals surface area contributed by atoms with Gasteiger partial charge in [-0.2, -0.15) is 13.2 Å². The Balaban J connectivity index is 1.78. The summed E-state index contributed by atoms with van der Waals surface area (Å²) in [5.74, 6) is -1.42. The second kappa shape index (κ2) is 6.70. The highest BCUT2D eigenvalue weighted by molar-refractivity contribution is 6.32. The number of ether oxygens (including phenoxy) is 2. The van der Waals surface area contributed by atoms with Crippen LogP contribution in [0.25, 0.3) is 0 Å². The topological polar surface area (TPSA) is 47.6 Å². The van der Waals surface area contributed by atoms with E-state index in [1.54, 1.807) is 0 Å². The van der Waals surface area contributed by atoms with Gasteiger partial charge < -0.3 is 14.8 Å². The van der Waals surface area contributed by atoms with Crippen LogP contribution < -0.4 is 14.8 Å². The fourth-order valence-electron chi connectivity index (χ4n) is 3.19. The van der Waals surface area contributed by atoms with Crippen LogP contribution in [-0.4, -0.2) is 31.3 Å². The van der Waals surface area contributed by atoms with Gasteiger partial charge in [0, 0.05) is 11.6 Å². The van der Waals surface area contributed by atoms with Crippen LogP contribution in [0.4, 0.5) is 13.2 Å². The zero-order chi connectivity index (χ0) is 17.3. The molecule has 0 spiro atoms. The average molecular weight is 364 g/mol. The van der Waals surface area contributed by atoms with Crippen molar-refractivity contribution in [2.24, 2.45) is 5.92 Å². The Labute approximate surface area is 142 Å². The van der Waals surface area contributed by atoms with Crippen molar-refractivity contribution < 1.29 is 27.4 Å². The number of benzene rings is 1. The Kier molecular flexibility index (Phi) is 4.80. The summed E-state index contributed by atoms with van der Waals surface area (Å²) in [6, 6.07) is 1.91. The molecule has 1 heterocycles. The lowest BCUT2D eigenvalue weighted by atomic mass is 9.84. The molecule has 1 fully saturated rings. The molecule has 1 N–H and O–H groups in total. The summed E-state index contributed by atoms with van der Waals surface area (Å²) in [4.78, 5) is 12.4. The summed E-state index contributed by atoms with van der Waals surface area (Å²) >= 11 is 6.07. The number of nitrogens with one attached hydrogen (secondary N) is 1. The van der Waals surface area contributed by atoms with Gasteiger partial charge in [0.05, 0.1) is 10.9 Å². The first-order valence-electron chi connectivity index (χ1n) is 7.83. The van der Waals surface area contributed by atoms with Crippen molar-refractivity contribution in [1.82, 2.24) is 5.32 Å². The second-order valence-corrected chi connectivity index (χ2v) is 6.40. The molecule has 1 aliphatic heterocycles. The molecular formula is C16H17ClF3NO3. The molecule has 2 atom stereocenters. The van der Waals surface area contributed by atoms with Crippen LogP contribution in [0.5, 0.6) is 11.5 Å². The molecule has 2 aliphatic rings. The third-order valence-electron chi connectivity index (χ3n) is 4.36. The van der Waals surface area contributed by atoms with Crippen LogP contribution in [0.15, 0.2) is 12.1 Å². The Hall–Kier alpha value is -1.63. The summed E-state index contributed by atoms with van der Waals surface area (Å²) in [6.45, 7) is 0.681. The van der Waals surface area contributed by atoms with E-state index in [9.17, 15) is 18.0 Å². The monoisotopic (exact) mass is 363 g/mol. The van der Waals surface area contributed by atoms with Gasteiger partial charge in [0.15, 0.2) is 11.5 Å². The van der Waals surface area contributed by atoms with Gasteiger partial charge in [0.25, 0.3) is 5.91 Å². The van der Waals surface area contributed by atoms with Gasteiger partial charge in [-0.3, -0.25) is 4.79 Å². The van der Waals surface area contributed by atoms with E-state index in [-0.39, 0.29) is 17.0 Å². The molecule has 0 aromatic heterocycles. The summed E-state index contributed by atoms with van der Waals surface area (Å²) in [6.07, 6.45) is -2.78. The second-order valence-electron chi connectivity index (χ2n) is 5.99. The highest BCUT2D eigenvalue weighted by atomic mass is 35.5. The summed E-state index contributed by atoms with van der Waals surface area (Å²) in [5, 5.41) is 2.71. The fourth-order valence-corrected chi connectivity index (χ4v) is 3.45. The van der Waals surface area contributed by atoms with E-state index >= 15 is 0 Å². The third kappa shape index (κ3) is 3.55. The Bertz CT molecular complexity index is 636. The predicted molar refractivity (Wildman–Crippen MR) is 81.7 cm³/mol. The molecule has 4 nitrogen and oxygen atoms in total. The van der Waals surface area contributed by atoms with Gasteiger partial charge in [-0.15, -0.1) is 0 Å². The van der Waals surface area contributed by atoms with E-state index in [0.717, 1.165) is 0 Å². The number of carbonyl (C=O) groups is 1. The number of hydrogen-bond donors (Lipinski definition) is 1. The quantitative estimate of drug-likeness (QED) is 0.865.